The van der Waals surface area contributed by atoms with Crippen molar-refractivity contribution in [2.45, 2.75) is 51.4 Å². The van der Waals surface area contributed by atoms with Crippen LogP contribution in [0.25, 0.3) is 0 Å². The molecule has 0 spiro atoms. The van der Waals surface area contributed by atoms with Crippen LogP contribution in [0.2, 0.25) is 0 Å². The van der Waals surface area contributed by atoms with Crippen LogP contribution in [-0.4, -0.2) is 23.7 Å². The second-order valence-corrected chi connectivity index (χ2v) is 9.39. The highest BCUT2D eigenvalue weighted by atomic mass is 32.2. The van der Waals surface area contributed by atoms with E-state index < -0.39 is 15.2 Å². The number of carbonyl (C=O) groups is 1. The van der Waals surface area contributed by atoms with Crippen LogP contribution < -0.4 is 9.72 Å². The van der Waals surface area contributed by atoms with Gasteiger partial charge in [0.1, 0.15) is 5.78 Å². The predicted octanol–water partition coefficient (Wildman–Crippen LogP) is 2.71. The Bertz CT molecular complexity index is 961. The van der Waals surface area contributed by atoms with E-state index in [-0.39, 0.29) is 22.8 Å². The van der Waals surface area contributed by atoms with E-state index in [0.29, 0.717) is 30.5 Å². The van der Waals surface area contributed by atoms with Crippen molar-refractivity contribution in [3.05, 3.63) is 33.4 Å². The predicted molar refractivity (Wildman–Crippen MR) is 98.0 cm³/mol. The van der Waals surface area contributed by atoms with Crippen LogP contribution in [0.4, 0.5) is 5.69 Å². The first-order valence-electron chi connectivity index (χ1n) is 9.36. The lowest BCUT2D eigenvalue weighted by Gasteiger charge is -2.48. The molecule has 0 unspecified atom stereocenters. The molecular formula is C18H22N2O7S. The van der Waals surface area contributed by atoms with E-state index in [1.165, 1.54) is 17.0 Å². The molecule has 0 bridgehead atoms. The number of Topliss-reactive ketones (excluding diaryl/α,β-unsaturated/α-hetero) is 1. The Labute approximate surface area is 162 Å². The fraction of sp³-hybridized carbons (Fsp3) is 0.611. The van der Waals surface area contributed by atoms with Gasteiger partial charge in [-0.1, -0.05) is 6.92 Å². The first-order valence-corrected chi connectivity index (χ1v) is 10.8. The molecule has 3 aliphatic rings. The average molecular weight is 410 g/mol. The summed E-state index contributed by atoms with van der Waals surface area (Å²) in [6.07, 6.45) is 4.65. The molecule has 0 amide bonds. The first kappa shape index (κ1) is 19.3. The van der Waals surface area contributed by atoms with Crippen LogP contribution in [0, 0.1) is 27.4 Å². The fourth-order valence-electron chi connectivity index (χ4n) is 5.68. The Hall–Kier alpha value is -2.04. The molecule has 2 fully saturated rings. The molecule has 2 saturated carbocycles. The number of aryl methyl sites for hydroxylation is 1. The molecule has 0 saturated heterocycles. The first-order chi connectivity index (χ1) is 13.1. The van der Waals surface area contributed by atoms with Crippen molar-refractivity contribution in [3.8, 4) is 5.75 Å². The monoisotopic (exact) mass is 410 g/mol. The van der Waals surface area contributed by atoms with Crippen molar-refractivity contribution < 1.29 is 27.5 Å². The van der Waals surface area contributed by atoms with Gasteiger partial charge in [-0.25, -0.2) is 0 Å². The largest absolute Gasteiger partial charge is 0.385 e. The summed E-state index contributed by atoms with van der Waals surface area (Å²) < 4.78 is 30.5. The van der Waals surface area contributed by atoms with Gasteiger partial charge >= 0.3 is 16.0 Å². The summed E-state index contributed by atoms with van der Waals surface area (Å²) in [6, 6.07) is 2.95. The zero-order valence-corrected chi connectivity index (χ0v) is 16.2. The van der Waals surface area contributed by atoms with Crippen LogP contribution in [-0.2, 0) is 21.5 Å². The molecule has 4 atom stereocenters. The Morgan fingerprint density at radius 1 is 1.29 bits per heavy atom. The second-order valence-electron chi connectivity index (χ2n) is 8.27. The van der Waals surface area contributed by atoms with Gasteiger partial charge in [0.05, 0.1) is 4.92 Å². The van der Waals surface area contributed by atoms with E-state index in [1.807, 2.05) is 0 Å². The van der Waals surface area contributed by atoms with Crippen molar-refractivity contribution in [1.29, 1.82) is 0 Å². The van der Waals surface area contributed by atoms with Gasteiger partial charge in [0.25, 0.3) is 0 Å². The number of nitrogens with one attached hydrogen (secondary N) is 1. The normalized spacial score (nSPS) is 31.6. The van der Waals surface area contributed by atoms with Gasteiger partial charge in [0.2, 0.25) is 5.75 Å². The summed E-state index contributed by atoms with van der Waals surface area (Å²) in [5.41, 5.74) is 1.15. The Morgan fingerprint density at radius 3 is 2.71 bits per heavy atom. The molecule has 0 aromatic heterocycles. The van der Waals surface area contributed by atoms with Crippen LogP contribution in [0.15, 0.2) is 12.1 Å². The highest BCUT2D eigenvalue weighted by Gasteiger charge is 2.54. The van der Waals surface area contributed by atoms with Crippen LogP contribution in [0.5, 0.6) is 5.75 Å². The van der Waals surface area contributed by atoms with E-state index in [0.717, 1.165) is 36.8 Å². The molecule has 0 heterocycles. The maximum absolute atomic E-state index is 12.4. The topological polar surface area (TPSA) is 136 Å². The van der Waals surface area contributed by atoms with Gasteiger partial charge in [-0.15, -0.1) is 0 Å². The van der Waals surface area contributed by atoms with Gasteiger partial charge < -0.3 is 4.84 Å². The Balaban J connectivity index is 1.70. The van der Waals surface area contributed by atoms with Crippen molar-refractivity contribution >= 4 is 21.8 Å². The second kappa shape index (κ2) is 6.50. The van der Waals surface area contributed by atoms with Crippen LogP contribution >= 0.6 is 0 Å². The third-order valence-corrected chi connectivity index (χ3v) is 7.26. The number of fused-ring (bicyclic) bond motifs is 5. The third-order valence-electron chi connectivity index (χ3n) is 6.97. The van der Waals surface area contributed by atoms with E-state index in [1.54, 1.807) is 0 Å². The number of nitro groups is 1. The number of ketones is 1. The summed E-state index contributed by atoms with van der Waals surface area (Å²) in [5, 5.41) is 11.5. The van der Waals surface area contributed by atoms with Gasteiger partial charge in [-0.05, 0) is 71.9 Å². The molecule has 28 heavy (non-hydrogen) atoms. The molecule has 4 rings (SSSR count). The van der Waals surface area contributed by atoms with Crippen molar-refractivity contribution in [1.82, 2.24) is 4.89 Å². The maximum Gasteiger partial charge on any atom is 0.364 e. The Morgan fingerprint density at radius 2 is 2.04 bits per heavy atom. The summed E-state index contributed by atoms with van der Waals surface area (Å²) in [7, 11) is -4.65. The molecule has 2 N–H and O–H groups in total. The number of hydrogen-bond acceptors (Lipinski definition) is 6. The molecule has 3 aliphatic carbocycles. The molecule has 152 valence electrons. The lowest BCUT2D eigenvalue weighted by atomic mass is 9.55. The molecule has 10 heteroatoms. The van der Waals surface area contributed by atoms with Gasteiger partial charge in [0.15, 0.2) is 0 Å². The molecule has 0 aliphatic heterocycles. The van der Waals surface area contributed by atoms with E-state index in [4.69, 9.17) is 9.39 Å². The molecule has 0 radical (unpaired) electrons. The van der Waals surface area contributed by atoms with Crippen molar-refractivity contribution in [2.24, 2.45) is 17.3 Å². The lowest BCUT2D eigenvalue weighted by Crippen LogP contribution is -2.42. The number of nitrogens with zero attached hydrogens (tertiary/aromatic N) is 1. The molecule has 1 aromatic carbocycles. The number of hydrogen-bond donors (Lipinski definition) is 2. The minimum atomic E-state index is -4.65. The minimum absolute atomic E-state index is 0.148. The zero-order chi connectivity index (χ0) is 20.3. The highest BCUT2D eigenvalue weighted by Crippen LogP contribution is 2.60. The number of rotatable bonds is 4. The zero-order valence-electron chi connectivity index (χ0n) is 15.4. The fourth-order valence-corrected chi connectivity index (χ4v) is 5.87. The molecule has 9 nitrogen and oxygen atoms in total. The van der Waals surface area contributed by atoms with Crippen molar-refractivity contribution in [2.75, 3.05) is 0 Å². The summed E-state index contributed by atoms with van der Waals surface area (Å²) in [4.78, 5) is 29.5. The van der Waals surface area contributed by atoms with Gasteiger partial charge in [-0.2, -0.15) is 8.42 Å². The van der Waals surface area contributed by atoms with Crippen molar-refractivity contribution in [3.63, 3.8) is 0 Å². The SMILES string of the molecule is C[C@]12CC[C@@H]3c4cc([N+](=O)[O-])c(ONS(=O)(=O)O)cc4CC[C@H]3[C@@H]1CCC2=O. The number of carbonyl (C=O) groups excluding carboxylic acids is 1. The van der Waals surface area contributed by atoms with E-state index in [9.17, 15) is 23.3 Å². The summed E-state index contributed by atoms with van der Waals surface area (Å²) >= 11 is 0. The van der Waals surface area contributed by atoms with Crippen LogP contribution in [0.3, 0.4) is 0 Å². The number of nitro benzene ring substituents is 1. The standard InChI is InChI=1S/C18H22N2O7S/c1-18-7-6-11-12(14(18)4-5-17(18)21)3-2-10-8-16(27-19-28(24,25)26)15(20(22)23)9-13(10)11/h8-9,11-12,14,19H,2-7H2,1H3,(H,24,25,26)/t11-,12+,14-,18-/m0/s1. The minimum Gasteiger partial charge on any atom is -0.385 e. The maximum atomic E-state index is 12.4. The van der Waals surface area contributed by atoms with Gasteiger partial charge in [0, 0.05) is 17.9 Å². The third kappa shape index (κ3) is 3.09. The molecular weight excluding hydrogens is 388 g/mol. The van der Waals surface area contributed by atoms with E-state index >= 15 is 0 Å². The van der Waals surface area contributed by atoms with E-state index in [2.05, 4.69) is 6.92 Å². The number of benzene rings is 1. The quantitative estimate of drug-likeness (QED) is 0.442. The smallest absolute Gasteiger partial charge is 0.364 e. The average Bonchev–Trinajstić information content (AvgIpc) is 2.93. The lowest BCUT2D eigenvalue weighted by molar-refractivity contribution is -0.386. The van der Waals surface area contributed by atoms with Gasteiger partial charge in [-0.3, -0.25) is 19.5 Å². The highest BCUT2D eigenvalue weighted by molar-refractivity contribution is 7.83. The Kier molecular flexibility index (Phi) is 4.48. The molecule has 1 aromatic rings. The summed E-state index contributed by atoms with van der Waals surface area (Å²) in [5.74, 6) is 0.863. The summed E-state index contributed by atoms with van der Waals surface area (Å²) in [6.45, 7) is 2.07. The van der Waals surface area contributed by atoms with Crippen LogP contribution in [0.1, 0.15) is 56.1 Å².